The number of nitrogens with one attached hydrogen (secondary N) is 1. The Bertz CT molecular complexity index is 866. The summed E-state index contributed by atoms with van der Waals surface area (Å²) >= 11 is 0. The minimum atomic E-state index is -3.94. The van der Waals surface area contributed by atoms with Gasteiger partial charge in [-0.25, -0.2) is 17.6 Å². The quantitative estimate of drug-likeness (QED) is 0.471. The van der Waals surface area contributed by atoms with Crippen LogP contribution in [0.15, 0.2) is 59.5 Å². The first-order valence-electron chi connectivity index (χ1n) is 7.85. The van der Waals surface area contributed by atoms with E-state index in [-0.39, 0.29) is 18.0 Å². The summed E-state index contributed by atoms with van der Waals surface area (Å²) in [6, 6.07) is 12.7. The lowest BCUT2D eigenvalue weighted by molar-refractivity contribution is -0.154. The van der Waals surface area contributed by atoms with Crippen LogP contribution in [-0.4, -0.2) is 33.4 Å². The van der Waals surface area contributed by atoms with Crippen molar-refractivity contribution in [1.29, 1.82) is 0 Å². The second-order valence-corrected chi connectivity index (χ2v) is 7.46. The number of hydrogen-bond donors (Lipinski definition) is 1. The van der Waals surface area contributed by atoms with Gasteiger partial charge in [0.2, 0.25) is 0 Å². The highest BCUT2D eigenvalue weighted by Gasteiger charge is 2.30. The molecular formula is C18H18FNO5S. The molecule has 1 unspecified atom stereocenters. The Hall–Kier alpha value is -2.74. The van der Waals surface area contributed by atoms with Crippen LogP contribution in [0.3, 0.4) is 0 Å². The minimum Gasteiger partial charge on any atom is -0.459 e. The Morgan fingerprint density at radius 3 is 2.27 bits per heavy atom. The van der Waals surface area contributed by atoms with Gasteiger partial charge in [0.25, 0.3) is 0 Å². The first-order chi connectivity index (χ1) is 12.4. The van der Waals surface area contributed by atoms with Gasteiger partial charge >= 0.3 is 11.9 Å². The largest absolute Gasteiger partial charge is 0.459 e. The monoisotopic (exact) mass is 379 g/mol. The molecule has 1 atom stereocenters. The van der Waals surface area contributed by atoms with Crippen molar-refractivity contribution in [1.82, 2.24) is 5.32 Å². The summed E-state index contributed by atoms with van der Waals surface area (Å²) in [5, 5.41) is 1.14. The van der Waals surface area contributed by atoms with Gasteiger partial charge in [0.15, 0.2) is 9.84 Å². The van der Waals surface area contributed by atoms with Gasteiger partial charge in [0.1, 0.15) is 11.1 Å². The molecule has 0 fully saturated rings. The smallest absolute Gasteiger partial charge is 0.396 e. The summed E-state index contributed by atoms with van der Waals surface area (Å²) < 4.78 is 43.6. The average Bonchev–Trinajstić information content (AvgIpc) is 2.63. The molecule has 2 rings (SSSR count). The van der Waals surface area contributed by atoms with Crippen molar-refractivity contribution in [2.75, 3.05) is 13.2 Å². The molecule has 0 heterocycles. The SMILES string of the molecule is CCOC(=O)C(=O)NCC(c1ccccc1)S(=O)(=O)c1ccc(F)cc1. The second-order valence-electron chi connectivity index (χ2n) is 5.33. The van der Waals surface area contributed by atoms with E-state index in [0.29, 0.717) is 5.56 Å². The van der Waals surface area contributed by atoms with Crippen LogP contribution in [0.1, 0.15) is 17.7 Å². The van der Waals surface area contributed by atoms with Crippen molar-refractivity contribution in [2.24, 2.45) is 0 Å². The number of benzene rings is 2. The van der Waals surface area contributed by atoms with Crippen LogP contribution < -0.4 is 5.32 Å². The summed E-state index contributed by atoms with van der Waals surface area (Å²) in [7, 11) is -3.94. The van der Waals surface area contributed by atoms with Crippen molar-refractivity contribution in [3.8, 4) is 0 Å². The van der Waals surface area contributed by atoms with Crippen LogP contribution in [0, 0.1) is 5.82 Å². The number of carbonyl (C=O) groups is 2. The zero-order chi connectivity index (χ0) is 19.2. The lowest BCUT2D eigenvalue weighted by Gasteiger charge is -2.19. The molecule has 0 radical (unpaired) electrons. The maximum atomic E-state index is 13.1. The topological polar surface area (TPSA) is 89.5 Å². The number of rotatable bonds is 6. The van der Waals surface area contributed by atoms with Crippen LogP contribution >= 0.6 is 0 Å². The molecule has 1 amide bonds. The van der Waals surface area contributed by atoms with E-state index in [9.17, 15) is 22.4 Å². The number of ether oxygens (including phenoxy) is 1. The Balaban J connectivity index is 2.31. The number of hydrogen-bond acceptors (Lipinski definition) is 5. The number of esters is 1. The summed E-state index contributed by atoms with van der Waals surface area (Å²) in [4.78, 5) is 23.1. The summed E-state index contributed by atoms with van der Waals surface area (Å²) in [5.41, 5.74) is 0.431. The molecule has 2 aromatic carbocycles. The Labute approximate surface area is 150 Å². The van der Waals surface area contributed by atoms with Gasteiger partial charge in [-0.05, 0) is 36.8 Å². The molecule has 26 heavy (non-hydrogen) atoms. The van der Waals surface area contributed by atoms with Crippen LogP contribution in [0.4, 0.5) is 4.39 Å². The molecule has 2 aromatic rings. The lowest BCUT2D eigenvalue weighted by atomic mass is 10.1. The molecule has 0 aliphatic carbocycles. The summed E-state index contributed by atoms with van der Waals surface area (Å²) in [6.45, 7) is 1.25. The van der Waals surface area contributed by atoms with Crippen molar-refractivity contribution in [3.63, 3.8) is 0 Å². The highest BCUT2D eigenvalue weighted by atomic mass is 32.2. The lowest BCUT2D eigenvalue weighted by Crippen LogP contribution is -2.37. The first-order valence-corrected chi connectivity index (χ1v) is 9.40. The van der Waals surface area contributed by atoms with Crippen LogP contribution in [0.5, 0.6) is 0 Å². The third-order valence-corrected chi connectivity index (χ3v) is 5.71. The van der Waals surface area contributed by atoms with E-state index in [4.69, 9.17) is 0 Å². The van der Waals surface area contributed by atoms with E-state index in [1.54, 1.807) is 37.3 Å². The molecular weight excluding hydrogens is 361 g/mol. The van der Waals surface area contributed by atoms with Gasteiger partial charge < -0.3 is 10.1 Å². The van der Waals surface area contributed by atoms with Crippen molar-refractivity contribution in [2.45, 2.75) is 17.1 Å². The van der Waals surface area contributed by atoms with Gasteiger partial charge in [-0.3, -0.25) is 4.79 Å². The molecule has 0 saturated carbocycles. The average molecular weight is 379 g/mol. The highest BCUT2D eigenvalue weighted by Crippen LogP contribution is 2.28. The van der Waals surface area contributed by atoms with Gasteiger partial charge in [-0.1, -0.05) is 30.3 Å². The van der Waals surface area contributed by atoms with Gasteiger partial charge in [0, 0.05) is 6.54 Å². The van der Waals surface area contributed by atoms with Crippen LogP contribution in [0.25, 0.3) is 0 Å². The standard InChI is InChI=1S/C18H18FNO5S/c1-2-25-18(22)17(21)20-12-16(13-6-4-3-5-7-13)26(23,24)15-10-8-14(19)9-11-15/h3-11,16H,2,12H2,1H3,(H,20,21). The summed E-state index contributed by atoms with van der Waals surface area (Å²) in [5.74, 6) is -2.67. The van der Waals surface area contributed by atoms with Crippen molar-refractivity contribution >= 4 is 21.7 Å². The van der Waals surface area contributed by atoms with E-state index >= 15 is 0 Å². The summed E-state index contributed by atoms with van der Waals surface area (Å²) in [6.07, 6.45) is 0. The predicted molar refractivity (Wildman–Crippen MR) is 92.4 cm³/mol. The third-order valence-electron chi connectivity index (χ3n) is 3.60. The maximum absolute atomic E-state index is 13.1. The fraction of sp³-hybridized carbons (Fsp3) is 0.222. The molecule has 0 aliphatic rings. The molecule has 8 heteroatoms. The second kappa shape index (κ2) is 8.57. The van der Waals surface area contributed by atoms with Gasteiger partial charge in [-0.2, -0.15) is 0 Å². The molecule has 6 nitrogen and oxygen atoms in total. The Morgan fingerprint density at radius 2 is 1.69 bits per heavy atom. The van der Waals surface area contributed by atoms with Crippen LogP contribution in [0.2, 0.25) is 0 Å². The maximum Gasteiger partial charge on any atom is 0.396 e. The van der Waals surface area contributed by atoms with E-state index in [1.807, 2.05) is 0 Å². The number of amides is 1. The molecule has 0 aromatic heterocycles. The predicted octanol–water partition coefficient (Wildman–Crippen LogP) is 2.02. The first kappa shape index (κ1) is 19.6. The van der Waals surface area contributed by atoms with Gasteiger partial charge in [-0.15, -0.1) is 0 Å². The van der Waals surface area contributed by atoms with Crippen molar-refractivity contribution < 1.29 is 27.1 Å². The number of halogens is 1. The molecule has 0 aliphatic heterocycles. The molecule has 0 bridgehead atoms. The van der Waals surface area contributed by atoms with Crippen molar-refractivity contribution in [3.05, 3.63) is 66.0 Å². The molecule has 0 spiro atoms. The normalized spacial score (nSPS) is 12.2. The zero-order valence-electron chi connectivity index (χ0n) is 14.0. The Morgan fingerprint density at radius 1 is 1.08 bits per heavy atom. The number of sulfone groups is 1. The fourth-order valence-corrected chi connectivity index (χ4v) is 3.98. The molecule has 138 valence electrons. The fourth-order valence-electron chi connectivity index (χ4n) is 2.32. The minimum absolute atomic E-state index is 0.0300. The molecule has 1 N–H and O–H groups in total. The van der Waals surface area contributed by atoms with Crippen LogP contribution in [-0.2, 0) is 24.2 Å². The highest BCUT2D eigenvalue weighted by molar-refractivity contribution is 7.91. The zero-order valence-corrected chi connectivity index (χ0v) is 14.8. The van der Waals surface area contributed by atoms with E-state index in [2.05, 4.69) is 10.1 Å². The van der Waals surface area contributed by atoms with E-state index < -0.39 is 32.8 Å². The van der Waals surface area contributed by atoms with E-state index in [1.165, 1.54) is 0 Å². The molecule has 0 saturated heterocycles. The third kappa shape index (κ3) is 4.66. The number of carbonyl (C=O) groups excluding carboxylic acids is 2. The Kier molecular flexibility index (Phi) is 6.46. The van der Waals surface area contributed by atoms with E-state index in [0.717, 1.165) is 24.3 Å². The van der Waals surface area contributed by atoms with Gasteiger partial charge in [0.05, 0.1) is 11.5 Å².